The average molecular weight is 434 g/mol. The summed E-state index contributed by atoms with van der Waals surface area (Å²) in [7, 11) is 0. The lowest BCUT2D eigenvalue weighted by atomic mass is 10.2. The number of para-hydroxylation sites is 1. The Kier molecular flexibility index (Phi) is 8.37. The van der Waals surface area contributed by atoms with E-state index in [9.17, 15) is 9.59 Å². The molecule has 0 heterocycles. The fraction of sp³-hybridized carbons (Fsp3) is 0.211. The highest BCUT2D eigenvalue weighted by molar-refractivity contribution is 9.10. The Hall–Kier alpha value is -2.12. The van der Waals surface area contributed by atoms with Gasteiger partial charge < -0.3 is 5.32 Å². The van der Waals surface area contributed by atoms with Crippen LogP contribution < -0.4 is 10.7 Å². The van der Waals surface area contributed by atoms with E-state index in [2.05, 4.69) is 31.8 Å². The van der Waals surface area contributed by atoms with E-state index in [-0.39, 0.29) is 18.2 Å². The molecule has 0 bridgehead atoms. The van der Waals surface area contributed by atoms with E-state index in [0.29, 0.717) is 11.5 Å². The molecule has 2 N–H and O–H groups in total. The molecule has 0 fully saturated rings. The molecule has 2 rings (SSSR count). The first-order chi connectivity index (χ1) is 12.5. The zero-order valence-corrected chi connectivity index (χ0v) is 16.8. The molecule has 5 nitrogen and oxygen atoms in total. The molecule has 0 atom stereocenters. The van der Waals surface area contributed by atoms with Gasteiger partial charge in [-0.05, 0) is 36.8 Å². The second-order valence-electron chi connectivity index (χ2n) is 5.60. The second-order valence-corrected chi connectivity index (χ2v) is 7.50. The van der Waals surface area contributed by atoms with E-state index in [1.165, 1.54) is 11.8 Å². The van der Waals surface area contributed by atoms with Crippen LogP contribution in [0.15, 0.2) is 64.2 Å². The highest BCUT2D eigenvalue weighted by atomic mass is 79.9. The van der Waals surface area contributed by atoms with Gasteiger partial charge in [0.25, 0.3) is 0 Å². The Morgan fingerprint density at radius 3 is 2.58 bits per heavy atom. The number of thioether (sulfide) groups is 1. The molecule has 0 aliphatic rings. The molecule has 0 aliphatic heterocycles. The van der Waals surface area contributed by atoms with Gasteiger partial charge in [0.1, 0.15) is 0 Å². The molecule has 2 aromatic carbocycles. The fourth-order valence-electron chi connectivity index (χ4n) is 2.08. The number of carbonyl (C=O) groups is 2. The van der Waals surface area contributed by atoms with Crippen molar-refractivity contribution in [2.75, 3.05) is 11.1 Å². The maximum atomic E-state index is 11.9. The van der Waals surface area contributed by atoms with Gasteiger partial charge in [-0.15, -0.1) is 11.8 Å². The maximum Gasteiger partial charge on any atom is 0.250 e. The van der Waals surface area contributed by atoms with Gasteiger partial charge in [0, 0.05) is 21.6 Å². The van der Waals surface area contributed by atoms with E-state index in [1.807, 2.05) is 54.6 Å². The third kappa shape index (κ3) is 7.84. The third-order valence-electron chi connectivity index (χ3n) is 3.24. The number of hydrogen-bond donors (Lipinski definition) is 2. The minimum absolute atomic E-state index is 0.125. The molecule has 0 aromatic heterocycles. The fourth-order valence-corrected chi connectivity index (χ4v) is 3.29. The lowest BCUT2D eigenvalue weighted by molar-refractivity contribution is -0.118. The van der Waals surface area contributed by atoms with Crippen molar-refractivity contribution in [2.45, 2.75) is 19.1 Å². The van der Waals surface area contributed by atoms with Crippen LogP contribution in [0.25, 0.3) is 0 Å². The summed E-state index contributed by atoms with van der Waals surface area (Å²) >= 11 is 4.93. The van der Waals surface area contributed by atoms with Crippen LogP contribution in [0.4, 0.5) is 5.69 Å². The predicted molar refractivity (Wildman–Crippen MR) is 111 cm³/mol. The quantitative estimate of drug-likeness (QED) is 0.483. The monoisotopic (exact) mass is 433 g/mol. The summed E-state index contributed by atoms with van der Waals surface area (Å²) in [6, 6.07) is 17.2. The minimum atomic E-state index is -0.187. The standard InChI is InChI=1S/C19H20BrN3O2S/c1-14(10-18(24)21-17-8-3-2-4-9-17)22-23-19(25)13-26-12-15-6-5-7-16(20)11-15/h2-9,11H,10,12-13H2,1H3,(H,21,24)(H,23,25)/b22-14-. The molecule has 7 heteroatoms. The van der Waals surface area contributed by atoms with Gasteiger partial charge in [-0.2, -0.15) is 5.10 Å². The number of amides is 2. The number of nitrogens with one attached hydrogen (secondary N) is 2. The summed E-state index contributed by atoms with van der Waals surface area (Å²) in [6.07, 6.45) is 0.125. The Labute approximate surface area is 165 Å². The summed E-state index contributed by atoms with van der Waals surface area (Å²) in [5.74, 6) is 0.692. The summed E-state index contributed by atoms with van der Waals surface area (Å²) in [5, 5.41) is 6.76. The van der Waals surface area contributed by atoms with Gasteiger partial charge in [0.15, 0.2) is 0 Å². The predicted octanol–water partition coefficient (Wildman–Crippen LogP) is 4.20. The van der Waals surface area contributed by atoms with Crippen LogP contribution in [0, 0.1) is 0 Å². The Balaban J connectivity index is 1.68. The molecule has 2 aromatic rings. The van der Waals surface area contributed by atoms with Crippen molar-refractivity contribution in [3.8, 4) is 0 Å². The molecular weight excluding hydrogens is 414 g/mol. The number of rotatable bonds is 8. The number of carbonyl (C=O) groups excluding carboxylic acids is 2. The lowest BCUT2D eigenvalue weighted by Gasteiger charge is -2.05. The van der Waals surface area contributed by atoms with Gasteiger partial charge in [0.2, 0.25) is 11.8 Å². The summed E-state index contributed by atoms with van der Waals surface area (Å²) < 4.78 is 1.02. The largest absolute Gasteiger partial charge is 0.326 e. The van der Waals surface area contributed by atoms with E-state index in [1.54, 1.807) is 6.92 Å². The first-order valence-corrected chi connectivity index (χ1v) is 9.97. The number of nitrogens with zero attached hydrogens (tertiary/aromatic N) is 1. The lowest BCUT2D eigenvalue weighted by Crippen LogP contribution is -2.22. The van der Waals surface area contributed by atoms with Gasteiger partial charge >= 0.3 is 0 Å². The number of hydrazone groups is 1. The first kappa shape index (κ1) is 20.2. The first-order valence-electron chi connectivity index (χ1n) is 8.02. The molecule has 0 unspecified atom stereocenters. The average Bonchev–Trinajstić information content (AvgIpc) is 2.61. The van der Waals surface area contributed by atoms with E-state index >= 15 is 0 Å². The molecule has 0 radical (unpaired) electrons. The molecule has 26 heavy (non-hydrogen) atoms. The van der Waals surface area contributed by atoms with Crippen molar-refractivity contribution < 1.29 is 9.59 Å². The van der Waals surface area contributed by atoms with Gasteiger partial charge in [-0.1, -0.05) is 46.3 Å². The maximum absolute atomic E-state index is 11.9. The molecule has 0 saturated carbocycles. The van der Waals surface area contributed by atoms with Crippen LogP contribution in [0.2, 0.25) is 0 Å². The number of hydrogen-bond acceptors (Lipinski definition) is 4. The van der Waals surface area contributed by atoms with Crippen molar-refractivity contribution in [3.05, 3.63) is 64.6 Å². The van der Waals surface area contributed by atoms with Crippen molar-refractivity contribution in [2.24, 2.45) is 5.10 Å². The third-order valence-corrected chi connectivity index (χ3v) is 4.73. The molecule has 0 spiro atoms. The number of anilines is 1. The Morgan fingerprint density at radius 2 is 1.85 bits per heavy atom. The summed E-state index contributed by atoms with van der Waals surface area (Å²) in [4.78, 5) is 23.7. The molecular formula is C19H20BrN3O2S. The summed E-state index contributed by atoms with van der Waals surface area (Å²) in [6.45, 7) is 1.71. The van der Waals surface area contributed by atoms with Crippen LogP contribution in [-0.2, 0) is 15.3 Å². The molecule has 0 saturated heterocycles. The normalized spacial score (nSPS) is 11.1. The molecule has 136 valence electrons. The van der Waals surface area contributed by atoms with Crippen LogP contribution >= 0.6 is 27.7 Å². The van der Waals surface area contributed by atoms with Crippen LogP contribution in [0.5, 0.6) is 0 Å². The molecule has 0 aliphatic carbocycles. The smallest absolute Gasteiger partial charge is 0.250 e. The van der Waals surface area contributed by atoms with Crippen molar-refractivity contribution >= 4 is 50.9 Å². The van der Waals surface area contributed by atoms with E-state index < -0.39 is 0 Å². The minimum Gasteiger partial charge on any atom is -0.326 e. The van der Waals surface area contributed by atoms with Crippen molar-refractivity contribution in [3.63, 3.8) is 0 Å². The van der Waals surface area contributed by atoms with Gasteiger partial charge in [-0.25, -0.2) is 5.43 Å². The topological polar surface area (TPSA) is 70.6 Å². The van der Waals surface area contributed by atoms with E-state index in [0.717, 1.165) is 21.5 Å². The van der Waals surface area contributed by atoms with E-state index in [4.69, 9.17) is 0 Å². The highest BCUT2D eigenvalue weighted by Gasteiger charge is 2.06. The number of benzene rings is 2. The summed E-state index contributed by atoms with van der Waals surface area (Å²) in [5.41, 5.74) is 4.92. The molecule has 2 amide bonds. The second kappa shape index (κ2) is 10.8. The highest BCUT2D eigenvalue weighted by Crippen LogP contribution is 2.16. The zero-order valence-electron chi connectivity index (χ0n) is 14.4. The van der Waals surface area contributed by atoms with Crippen LogP contribution in [0.1, 0.15) is 18.9 Å². The number of halogens is 1. The van der Waals surface area contributed by atoms with Gasteiger partial charge in [-0.3, -0.25) is 9.59 Å². The Bertz CT molecular complexity index is 781. The Morgan fingerprint density at radius 1 is 1.08 bits per heavy atom. The zero-order chi connectivity index (χ0) is 18.8. The van der Waals surface area contributed by atoms with Crippen LogP contribution in [-0.4, -0.2) is 23.3 Å². The van der Waals surface area contributed by atoms with Crippen molar-refractivity contribution in [1.82, 2.24) is 5.43 Å². The van der Waals surface area contributed by atoms with Gasteiger partial charge in [0.05, 0.1) is 12.2 Å². The van der Waals surface area contributed by atoms with Crippen LogP contribution in [0.3, 0.4) is 0 Å². The van der Waals surface area contributed by atoms with Crippen molar-refractivity contribution in [1.29, 1.82) is 0 Å². The SMILES string of the molecule is C/C(CC(=O)Nc1ccccc1)=N/NC(=O)CSCc1cccc(Br)c1.